The highest BCUT2D eigenvalue weighted by Crippen LogP contribution is 2.27. The second-order valence-electron chi connectivity index (χ2n) is 1.55. The van der Waals surface area contributed by atoms with E-state index in [1.165, 1.54) is 0 Å². The van der Waals surface area contributed by atoms with Crippen LogP contribution in [0.15, 0.2) is 11.9 Å². The van der Waals surface area contributed by atoms with E-state index in [2.05, 4.69) is 11.5 Å². The van der Waals surface area contributed by atoms with Crippen LogP contribution in [0.1, 0.15) is 0 Å². The maximum absolute atomic E-state index is 11.9. The summed E-state index contributed by atoms with van der Waals surface area (Å²) in [5, 5.41) is 0. The van der Waals surface area contributed by atoms with E-state index in [9.17, 15) is 17.6 Å². The minimum absolute atomic E-state index is 0. The van der Waals surface area contributed by atoms with Gasteiger partial charge in [0.15, 0.2) is 0 Å². The van der Waals surface area contributed by atoms with Crippen molar-refractivity contribution in [1.29, 1.82) is 0 Å². The lowest BCUT2D eigenvalue weighted by Crippen LogP contribution is -2.33. The molecule has 0 aliphatic rings. The second kappa shape index (κ2) is 6.19. The van der Waals surface area contributed by atoms with Crippen molar-refractivity contribution in [3.63, 3.8) is 0 Å². The summed E-state index contributed by atoms with van der Waals surface area (Å²) >= 11 is 0. The Bertz CT molecular complexity index is 150. The third kappa shape index (κ3) is 3.87. The van der Waals surface area contributed by atoms with Crippen molar-refractivity contribution in [3.05, 3.63) is 11.9 Å². The molecule has 0 bridgehead atoms. The molecule has 0 aromatic rings. The van der Waals surface area contributed by atoms with Gasteiger partial charge < -0.3 is 11.5 Å². The summed E-state index contributed by atoms with van der Waals surface area (Å²) in [6.07, 6.45) is -3.56. The maximum Gasteiger partial charge on any atom is 0.347 e. The standard InChI is InChI=1S/C4H6F4N2.2ClH/c5-3(6)4(7,8)2(10)1-9;;/h1,3H,9-10H2;2*1H. The zero-order chi connectivity index (χ0) is 8.36. The van der Waals surface area contributed by atoms with Crippen molar-refractivity contribution in [1.82, 2.24) is 0 Å². The Balaban J connectivity index is -0.000000405. The Labute approximate surface area is 78.8 Å². The Hall–Kier alpha value is -0.360. The minimum atomic E-state index is -4.31. The van der Waals surface area contributed by atoms with Crippen LogP contribution in [0.3, 0.4) is 0 Å². The molecule has 0 aliphatic carbocycles. The van der Waals surface area contributed by atoms with E-state index >= 15 is 0 Å². The Morgan fingerprint density at radius 3 is 1.67 bits per heavy atom. The fourth-order valence-electron chi connectivity index (χ4n) is 0.237. The predicted octanol–water partition coefficient (Wildman–Crippen LogP) is 1.49. The van der Waals surface area contributed by atoms with E-state index in [1.54, 1.807) is 0 Å². The van der Waals surface area contributed by atoms with Crippen molar-refractivity contribution in [2.45, 2.75) is 12.3 Å². The molecule has 2 nitrogen and oxygen atoms in total. The third-order valence-electron chi connectivity index (χ3n) is 0.839. The fourth-order valence-corrected chi connectivity index (χ4v) is 0.237. The minimum Gasteiger partial charge on any atom is -0.403 e. The maximum atomic E-state index is 11.9. The van der Waals surface area contributed by atoms with Gasteiger partial charge >= 0.3 is 12.3 Å². The smallest absolute Gasteiger partial charge is 0.347 e. The zero-order valence-electron chi connectivity index (χ0n) is 5.64. The van der Waals surface area contributed by atoms with Gasteiger partial charge in [-0.1, -0.05) is 0 Å². The Kier molecular flexibility index (Phi) is 9.10. The molecule has 0 aromatic carbocycles. The highest BCUT2D eigenvalue weighted by atomic mass is 35.5. The van der Waals surface area contributed by atoms with Gasteiger partial charge in [-0.05, 0) is 0 Å². The number of alkyl halides is 4. The van der Waals surface area contributed by atoms with Gasteiger partial charge in [0, 0.05) is 6.20 Å². The summed E-state index contributed by atoms with van der Waals surface area (Å²) in [5.41, 5.74) is 7.64. The molecule has 0 aromatic heterocycles. The number of hydrogen-bond donors (Lipinski definition) is 2. The molecule has 12 heavy (non-hydrogen) atoms. The molecule has 0 fully saturated rings. The molecule has 0 atom stereocenters. The Morgan fingerprint density at radius 1 is 1.25 bits per heavy atom. The van der Waals surface area contributed by atoms with Crippen molar-refractivity contribution >= 4 is 24.8 Å². The quantitative estimate of drug-likeness (QED) is 0.707. The summed E-state index contributed by atoms with van der Waals surface area (Å²) in [4.78, 5) is 0. The first-order valence-electron chi connectivity index (χ1n) is 2.26. The lowest BCUT2D eigenvalue weighted by molar-refractivity contribution is -0.100. The van der Waals surface area contributed by atoms with Crippen LogP contribution in [0.5, 0.6) is 0 Å². The average Bonchev–Trinajstić information content (AvgIpc) is 1.86. The summed E-state index contributed by atoms with van der Waals surface area (Å²) in [5.74, 6) is -4.31. The number of halogens is 6. The fraction of sp³-hybridized carbons (Fsp3) is 0.500. The second-order valence-corrected chi connectivity index (χ2v) is 1.55. The number of hydrogen-bond acceptors (Lipinski definition) is 2. The van der Waals surface area contributed by atoms with Gasteiger partial charge in [-0.2, -0.15) is 8.78 Å². The van der Waals surface area contributed by atoms with E-state index < -0.39 is 18.0 Å². The first kappa shape index (κ1) is 17.7. The molecule has 0 unspecified atom stereocenters. The monoisotopic (exact) mass is 230 g/mol. The van der Waals surface area contributed by atoms with Crippen molar-refractivity contribution < 1.29 is 17.6 Å². The summed E-state index contributed by atoms with van der Waals surface area (Å²) in [6.45, 7) is 0. The Morgan fingerprint density at radius 2 is 1.58 bits per heavy atom. The van der Waals surface area contributed by atoms with Crippen LogP contribution < -0.4 is 11.5 Å². The third-order valence-corrected chi connectivity index (χ3v) is 0.839. The van der Waals surface area contributed by atoms with Crippen molar-refractivity contribution in [2.24, 2.45) is 11.5 Å². The van der Waals surface area contributed by atoms with Crippen LogP contribution in [0.25, 0.3) is 0 Å². The largest absolute Gasteiger partial charge is 0.403 e. The van der Waals surface area contributed by atoms with E-state index in [4.69, 9.17) is 0 Å². The van der Waals surface area contributed by atoms with Crippen LogP contribution in [-0.2, 0) is 0 Å². The highest BCUT2D eigenvalue weighted by Gasteiger charge is 2.43. The molecule has 76 valence electrons. The topological polar surface area (TPSA) is 52.0 Å². The first-order valence-corrected chi connectivity index (χ1v) is 2.26. The van der Waals surface area contributed by atoms with Gasteiger partial charge in [-0.15, -0.1) is 24.8 Å². The number of nitrogens with two attached hydrogens (primary N) is 2. The van der Waals surface area contributed by atoms with E-state index in [0.717, 1.165) is 0 Å². The predicted molar refractivity (Wildman–Crippen MR) is 41.9 cm³/mol. The summed E-state index contributed by atoms with van der Waals surface area (Å²) in [6, 6.07) is 0. The van der Waals surface area contributed by atoms with Crippen LogP contribution in [0.2, 0.25) is 0 Å². The highest BCUT2D eigenvalue weighted by molar-refractivity contribution is 5.85. The molecule has 0 radical (unpaired) electrons. The van der Waals surface area contributed by atoms with Gasteiger partial charge in [0.2, 0.25) is 0 Å². The molecule has 0 heterocycles. The summed E-state index contributed by atoms with van der Waals surface area (Å²) in [7, 11) is 0. The zero-order valence-corrected chi connectivity index (χ0v) is 7.27. The SMILES string of the molecule is Cl.Cl.NC=C(N)C(F)(F)C(F)F. The molecule has 0 aliphatic heterocycles. The van der Waals surface area contributed by atoms with Gasteiger partial charge in [0.25, 0.3) is 0 Å². The number of rotatable bonds is 2. The average molecular weight is 231 g/mol. The van der Waals surface area contributed by atoms with Gasteiger partial charge in [0.1, 0.15) is 5.70 Å². The molecule has 4 N–H and O–H groups in total. The van der Waals surface area contributed by atoms with Gasteiger partial charge in [0.05, 0.1) is 0 Å². The van der Waals surface area contributed by atoms with E-state index in [1.807, 2.05) is 0 Å². The van der Waals surface area contributed by atoms with Crippen molar-refractivity contribution in [3.8, 4) is 0 Å². The van der Waals surface area contributed by atoms with E-state index in [0.29, 0.717) is 0 Å². The molecule has 0 spiro atoms. The molecule has 0 amide bonds. The van der Waals surface area contributed by atoms with E-state index in [-0.39, 0.29) is 31.0 Å². The molecule has 8 heteroatoms. The van der Waals surface area contributed by atoms with Crippen molar-refractivity contribution in [2.75, 3.05) is 0 Å². The lowest BCUT2D eigenvalue weighted by Gasteiger charge is -2.13. The molecule has 0 saturated heterocycles. The first-order chi connectivity index (χ1) is 4.42. The normalized spacial score (nSPS) is 11.9. The van der Waals surface area contributed by atoms with Gasteiger partial charge in [-0.3, -0.25) is 0 Å². The molecular weight excluding hydrogens is 223 g/mol. The number of allylic oxidation sites excluding steroid dienone is 1. The molecular formula is C4H8Cl2F4N2. The van der Waals surface area contributed by atoms with Crippen LogP contribution in [0.4, 0.5) is 17.6 Å². The molecule has 0 saturated carbocycles. The summed E-state index contributed by atoms with van der Waals surface area (Å²) < 4.78 is 46.5. The van der Waals surface area contributed by atoms with Gasteiger partial charge in [-0.25, -0.2) is 8.78 Å². The lowest BCUT2D eigenvalue weighted by atomic mass is 10.3. The van der Waals surface area contributed by atoms with Crippen LogP contribution in [0, 0.1) is 0 Å². The van der Waals surface area contributed by atoms with Crippen LogP contribution in [-0.4, -0.2) is 12.3 Å². The molecule has 0 rings (SSSR count). The van der Waals surface area contributed by atoms with Crippen LogP contribution >= 0.6 is 24.8 Å².